The van der Waals surface area contributed by atoms with Gasteiger partial charge in [-0.2, -0.15) is 5.10 Å². The second kappa shape index (κ2) is 11.3. The minimum Gasteiger partial charge on any atom is -0.378 e. The minimum atomic E-state index is -0.208. The third-order valence-corrected chi connectivity index (χ3v) is 8.71. The molecular formula is C34H31N3OS. The van der Waals surface area contributed by atoms with E-state index in [-0.39, 0.29) is 5.91 Å². The fraction of sp³-hybridized carbons (Fsp3) is 0.176. The van der Waals surface area contributed by atoms with Crippen LogP contribution < -0.4 is 10.7 Å². The summed E-state index contributed by atoms with van der Waals surface area (Å²) in [6, 6.07) is 35.5. The maximum atomic E-state index is 12.8. The van der Waals surface area contributed by atoms with Gasteiger partial charge >= 0.3 is 0 Å². The Balaban J connectivity index is 1.12. The molecule has 1 heterocycles. The van der Waals surface area contributed by atoms with Gasteiger partial charge in [0.05, 0.1) is 11.8 Å². The standard InChI is InChI=1S/C34H31N3OS/c1-23(36-37-34(38)26-17-15-24(16-18-26)22-39-28-11-6-3-7-12-28)27-19-20-32-31(21-27)29-13-8-14-30(29)33(35-32)25-9-4-2-5-10-25/h2-13,15-21,29-30,33,35H,14,22H2,1H3,(H,37,38)/b36-23-/t29-,30+,33+/m1/s1. The summed E-state index contributed by atoms with van der Waals surface area (Å²) in [4.78, 5) is 14.0. The number of anilines is 1. The molecule has 39 heavy (non-hydrogen) atoms. The molecule has 0 radical (unpaired) electrons. The summed E-state index contributed by atoms with van der Waals surface area (Å²) in [6.07, 6.45) is 5.72. The molecule has 0 unspecified atom stereocenters. The first-order chi connectivity index (χ1) is 19.2. The lowest BCUT2D eigenvalue weighted by atomic mass is 9.76. The van der Waals surface area contributed by atoms with Gasteiger partial charge in [-0.3, -0.25) is 4.79 Å². The van der Waals surface area contributed by atoms with Crippen LogP contribution in [0.5, 0.6) is 0 Å². The molecule has 1 amide bonds. The molecule has 1 aliphatic carbocycles. The summed E-state index contributed by atoms with van der Waals surface area (Å²) in [7, 11) is 0. The first-order valence-electron chi connectivity index (χ1n) is 13.4. The van der Waals surface area contributed by atoms with Gasteiger partial charge in [-0.25, -0.2) is 5.43 Å². The summed E-state index contributed by atoms with van der Waals surface area (Å²) in [5.74, 6) is 1.51. The van der Waals surface area contributed by atoms with Crippen LogP contribution in [0.1, 0.15) is 57.9 Å². The van der Waals surface area contributed by atoms with Crippen molar-refractivity contribution in [3.8, 4) is 0 Å². The van der Waals surface area contributed by atoms with Crippen LogP contribution in [-0.4, -0.2) is 11.6 Å². The summed E-state index contributed by atoms with van der Waals surface area (Å²) < 4.78 is 0. The summed E-state index contributed by atoms with van der Waals surface area (Å²) >= 11 is 1.78. The number of allylic oxidation sites excluding steroid dienone is 2. The zero-order valence-electron chi connectivity index (χ0n) is 21.9. The average molecular weight is 530 g/mol. The monoisotopic (exact) mass is 529 g/mol. The van der Waals surface area contributed by atoms with E-state index in [2.05, 4.69) is 88.7 Å². The van der Waals surface area contributed by atoms with Crippen LogP contribution >= 0.6 is 11.8 Å². The molecule has 2 aliphatic rings. The van der Waals surface area contributed by atoms with Gasteiger partial charge in [-0.15, -0.1) is 11.8 Å². The number of nitrogens with zero attached hydrogens (tertiary/aromatic N) is 1. The number of carbonyl (C=O) groups excluding carboxylic acids is 1. The Bertz CT molecular complexity index is 1510. The number of thioether (sulfide) groups is 1. The van der Waals surface area contributed by atoms with Crippen molar-refractivity contribution < 1.29 is 4.79 Å². The SMILES string of the molecule is C/C(=N/NC(=O)c1ccc(CSc2ccccc2)cc1)c1ccc2c(c1)[C@@H]1C=CC[C@@H]1[C@H](c1ccccc1)N2. The maximum Gasteiger partial charge on any atom is 0.271 e. The van der Waals surface area contributed by atoms with Gasteiger partial charge in [0.15, 0.2) is 0 Å². The largest absolute Gasteiger partial charge is 0.378 e. The van der Waals surface area contributed by atoms with Crippen LogP contribution in [0.3, 0.4) is 0 Å². The van der Waals surface area contributed by atoms with E-state index in [1.807, 2.05) is 49.4 Å². The van der Waals surface area contributed by atoms with Crippen LogP contribution in [0, 0.1) is 5.92 Å². The molecule has 4 nitrogen and oxygen atoms in total. The number of fused-ring (bicyclic) bond motifs is 3. The quantitative estimate of drug-likeness (QED) is 0.111. The Morgan fingerprint density at radius 1 is 0.923 bits per heavy atom. The molecule has 0 spiro atoms. The van der Waals surface area contributed by atoms with Crippen LogP contribution in [0.25, 0.3) is 0 Å². The molecule has 0 bridgehead atoms. The van der Waals surface area contributed by atoms with Crippen LogP contribution in [-0.2, 0) is 5.75 Å². The smallest absolute Gasteiger partial charge is 0.271 e. The Morgan fingerprint density at radius 3 is 2.41 bits per heavy atom. The molecular weight excluding hydrogens is 498 g/mol. The molecule has 4 aromatic rings. The second-order valence-electron chi connectivity index (χ2n) is 10.1. The van der Waals surface area contributed by atoms with Gasteiger partial charge in [-0.1, -0.05) is 78.9 Å². The van der Waals surface area contributed by atoms with E-state index in [1.165, 1.54) is 27.3 Å². The first-order valence-corrected chi connectivity index (χ1v) is 14.4. The Hall–Kier alpha value is -4.09. The van der Waals surface area contributed by atoms with Crippen molar-refractivity contribution in [3.63, 3.8) is 0 Å². The highest BCUT2D eigenvalue weighted by atomic mass is 32.2. The molecule has 0 saturated carbocycles. The number of hydrogen-bond acceptors (Lipinski definition) is 4. The van der Waals surface area contributed by atoms with Crippen molar-refractivity contribution in [2.75, 3.05) is 5.32 Å². The molecule has 194 valence electrons. The first kappa shape index (κ1) is 25.2. The molecule has 1 aliphatic heterocycles. The van der Waals surface area contributed by atoms with Gasteiger partial charge in [0.2, 0.25) is 0 Å². The number of hydrogen-bond donors (Lipinski definition) is 2. The Morgan fingerprint density at radius 2 is 1.64 bits per heavy atom. The highest BCUT2D eigenvalue weighted by Crippen LogP contribution is 2.49. The lowest BCUT2D eigenvalue weighted by Crippen LogP contribution is -2.29. The predicted octanol–water partition coefficient (Wildman–Crippen LogP) is 7.96. The lowest BCUT2D eigenvalue weighted by molar-refractivity contribution is 0.0955. The number of hydrazone groups is 1. The molecule has 6 rings (SSSR count). The molecule has 0 aromatic heterocycles. The molecule has 5 heteroatoms. The van der Waals surface area contributed by atoms with E-state index in [9.17, 15) is 4.79 Å². The fourth-order valence-corrected chi connectivity index (χ4v) is 6.38. The van der Waals surface area contributed by atoms with Crippen LogP contribution in [0.2, 0.25) is 0 Å². The molecule has 0 fully saturated rings. The van der Waals surface area contributed by atoms with E-state index in [1.54, 1.807) is 11.8 Å². The minimum absolute atomic E-state index is 0.208. The van der Waals surface area contributed by atoms with Crippen molar-refractivity contribution >= 4 is 29.1 Å². The molecule has 3 atom stereocenters. The van der Waals surface area contributed by atoms with E-state index in [0.717, 1.165) is 23.4 Å². The number of nitrogens with one attached hydrogen (secondary N) is 2. The van der Waals surface area contributed by atoms with Crippen molar-refractivity contribution in [1.82, 2.24) is 5.43 Å². The van der Waals surface area contributed by atoms with Gasteiger partial charge in [-0.05, 0) is 77.9 Å². The van der Waals surface area contributed by atoms with Gasteiger partial charge in [0.1, 0.15) is 0 Å². The van der Waals surface area contributed by atoms with Crippen molar-refractivity contribution in [2.24, 2.45) is 11.0 Å². The summed E-state index contributed by atoms with van der Waals surface area (Å²) in [6.45, 7) is 1.94. The topological polar surface area (TPSA) is 53.5 Å². The predicted molar refractivity (Wildman–Crippen MR) is 161 cm³/mol. The van der Waals surface area contributed by atoms with Crippen LogP contribution in [0.4, 0.5) is 5.69 Å². The van der Waals surface area contributed by atoms with Crippen molar-refractivity contribution in [1.29, 1.82) is 0 Å². The van der Waals surface area contributed by atoms with Gasteiger partial charge in [0.25, 0.3) is 5.91 Å². The fourth-order valence-electron chi connectivity index (χ4n) is 5.51. The van der Waals surface area contributed by atoms with E-state index < -0.39 is 0 Å². The molecule has 2 N–H and O–H groups in total. The lowest BCUT2D eigenvalue weighted by Gasteiger charge is -2.37. The summed E-state index contributed by atoms with van der Waals surface area (Å²) in [5.41, 5.74) is 10.1. The highest BCUT2D eigenvalue weighted by Gasteiger charge is 2.37. The number of carbonyl (C=O) groups is 1. The maximum absolute atomic E-state index is 12.8. The summed E-state index contributed by atoms with van der Waals surface area (Å²) in [5, 5.41) is 8.23. The highest BCUT2D eigenvalue weighted by molar-refractivity contribution is 7.98. The van der Waals surface area contributed by atoms with Crippen LogP contribution in [0.15, 0.2) is 125 Å². The average Bonchev–Trinajstić information content (AvgIpc) is 3.50. The van der Waals surface area contributed by atoms with Gasteiger partial charge in [0, 0.05) is 27.8 Å². The van der Waals surface area contributed by atoms with Gasteiger partial charge < -0.3 is 5.32 Å². The number of amides is 1. The third kappa shape index (κ3) is 5.55. The van der Waals surface area contributed by atoms with Crippen molar-refractivity contribution in [3.05, 3.63) is 143 Å². The van der Waals surface area contributed by atoms with E-state index in [4.69, 9.17) is 0 Å². The Labute approximate surface area is 234 Å². The number of rotatable bonds is 7. The molecule has 4 aromatic carbocycles. The zero-order valence-corrected chi connectivity index (χ0v) is 22.7. The van der Waals surface area contributed by atoms with Crippen molar-refractivity contribution in [2.45, 2.75) is 36.0 Å². The normalized spacial score (nSPS) is 19.6. The second-order valence-corrected chi connectivity index (χ2v) is 11.2. The van der Waals surface area contributed by atoms with E-state index in [0.29, 0.717) is 23.4 Å². The number of benzene rings is 4. The molecule has 0 saturated heterocycles. The van der Waals surface area contributed by atoms with E-state index >= 15 is 0 Å². The zero-order chi connectivity index (χ0) is 26.6. The Kier molecular flexibility index (Phi) is 7.33. The third-order valence-electron chi connectivity index (χ3n) is 7.63.